The summed E-state index contributed by atoms with van der Waals surface area (Å²) in [7, 11) is 0. The molecule has 0 saturated carbocycles. The summed E-state index contributed by atoms with van der Waals surface area (Å²) in [6.07, 6.45) is -0.000334. The molecule has 0 aliphatic carbocycles. The van der Waals surface area contributed by atoms with Crippen LogP contribution in [0.3, 0.4) is 0 Å². The minimum absolute atomic E-state index is 0.0839. The SMILES string of the molecule is O=C(O)C[C@H](Cc1ccccc1)C(=O)Nc1ccc([N+](=O)[O-])cc1. The molecule has 2 aromatic carbocycles. The highest BCUT2D eigenvalue weighted by Gasteiger charge is 2.22. The number of amides is 1. The van der Waals surface area contributed by atoms with Crippen LogP contribution in [0.15, 0.2) is 54.6 Å². The van der Waals surface area contributed by atoms with Gasteiger partial charge in [-0.3, -0.25) is 19.7 Å². The second kappa shape index (κ2) is 7.87. The van der Waals surface area contributed by atoms with Crippen molar-refractivity contribution in [1.82, 2.24) is 0 Å². The third-order valence-corrected chi connectivity index (χ3v) is 3.46. The summed E-state index contributed by atoms with van der Waals surface area (Å²) in [5, 5.41) is 22.2. The van der Waals surface area contributed by atoms with Gasteiger partial charge < -0.3 is 10.4 Å². The molecule has 0 heterocycles. The molecule has 2 rings (SSSR count). The average molecular weight is 328 g/mol. The molecule has 7 nitrogen and oxygen atoms in total. The number of nitrogens with one attached hydrogen (secondary N) is 1. The Morgan fingerprint density at radius 3 is 2.25 bits per heavy atom. The predicted octanol–water partition coefficient (Wildman–Crippen LogP) is 2.87. The van der Waals surface area contributed by atoms with Crippen LogP contribution in [-0.4, -0.2) is 21.9 Å². The number of aliphatic carboxylic acids is 1. The summed E-state index contributed by atoms with van der Waals surface area (Å²) in [4.78, 5) is 33.5. The van der Waals surface area contributed by atoms with Gasteiger partial charge in [0, 0.05) is 17.8 Å². The van der Waals surface area contributed by atoms with Gasteiger partial charge in [-0.1, -0.05) is 30.3 Å². The van der Waals surface area contributed by atoms with Gasteiger partial charge >= 0.3 is 5.97 Å². The minimum atomic E-state index is -1.06. The van der Waals surface area contributed by atoms with Crippen molar-refractivity contribution in [2.75, 3.05) is 5.32 Å². The highest BCUT2D eigenvalue weighted by atomic mass is 16.6. The van der Waals surface area contributed by atoms with E-state index in [2.05, 4.69) is 5.32 Å². The number of hydrogen-bond donors (Lipinski definition) is 2. The summed E-state index contributed by atoms with van der Waals surface area (Å²) in [6, 6.07) is 14.5. The van der Waals surface area contributed by atoms with Gasteiger partial charge in [0.15, 0.2) is 0 Å². The lowest BCUT2D eigenvalue weighted by Gasteiger charge is -2.15. The van der Waals surface area contributed by atoms with Gasteiger partial charge in [0.1, 0.15) is 0 Å². The minimum Gasteiger partial charge on any atom is -0.481 e. The number of carboxylic acids is 1. The molecule has 0 spiro atoms. The lowest BCUT2D eigenvalue weighted by atomic mass is 9.95. The Bertz CT molecular complexity index is 728. The summed E-state index contributed by atoms with van der Waals surface area (Å²) >= 11 is 0. The van der Waals surface area contributed by atoms with Crippen molar-refractivity contribution >= 4 is 23.3 Å². The smallest absolute Gasteiger partial charge is 0.304 e. The van der Waals surface area contributed by atoms with Crippen molar-refractivity contribution in [3.63, 3.8) is 0 Å². The average Bonchev–Trinajstić information content (AvgIpc) is 2.55. The van der Waals surface area contributed by atoms with Crippen LogP contribution in [-0.2, 0) is 16.0 Å². The molecule has 0 fully saturated rings. The van der Waals surface area contributed by atoms with Crippen molar-refractivity contribution < 1.29 is 19.6 Å². The van der Waals surface area contributed by atoms with E-state index in [9.17, 15) is 19.7 Å². The van der Waals surface area contributed by atoms with E-state index in [1.54, 1.807) is 0 Å². The van der Waals surface area contributed by atoms with Crippen LogP contribution >= 0.6 is 0 Å². The Balaban J connectivity index is 2.09. The van der Waals surface area contributed by atoms with Crippen molar-refractivity contribution in [3.8, 4) is 0 Å². The number of nitro groups is 1. The maximum absolute atomic E-state index is 12.4. The van der Waals surface area contributed by atoms with Crippen molar-refractivity contribution in [2.45, 2.75) is 12.8 Å². The van der Waals surface area contributed by atoms with Gasteiger partial charge in [-0.2, -0.15) is 0 Å². The Morgan fingerprint density at radius 1 is 1.08 bits per heavy atom. The first-order chi connectivity index (χ1) is 11.5. The second-order valence-corrected chi connectivity index (χ2v) is 5.28. The van der Waals surface area contributed by atoms with E-state index >= 15 is 0 Å². The number of carbonyl (C=O) groups excluding carboxylic acids is 1. The molecule has 0 aliphatic heterocycles. The van der Waals surface area contributed by atoms with Crippen LogP contribution in [0, 0.1) is 16.0 Å². The number of anilines is 1. The fraction of sp³-hybridized carbons (Fsp3) is 0.176. The molecule has 2 aromatic rings. The molecular formula is C17H16N2O5. The fourth-order valence-corrected chi connectivity index (χ4v) is 2.28. The molecular weight excluding hydrogens is 312 g/mol. The summed E-state index contributed by atoms with van der Waals surface area (Å²) in [5.74, 6) is -2.23. The molecule has 1 amide bonds. The molecule has 7 heteroatoms. The van der Waals surface area contributed by atoms with E-state index < -0.39 is 22.7 Å². The largest absolute Gasteiger partial charge is 0.481 e. The Kier molecular flexibility index (Phi) is 5.62. The molecule has 124 valence electrons. The van der Waals surface area contributed by atoms with Crippen LogP contribution in [0.4, 0.5) is 11.4 Å². The molecule has 24 heavy (non-hydrogen) atoms. The van der Waals surface area contributed by atoms with Crippen LogP contribution in [0.1, 0.15) is 12.0 Å². The van der Waals surface area contributed by atoms with E-state index in [0.717, 1.165) is 5.56 Å². The highest BCUT2D eigenvalue weighted by Crippen LogP contribution is 2.19. The number of benzene rings is 2. The van der Waals surface area contributed by atoms with E-state index in [1.165, 1.54) is 24.3 Å². The molecule has 0 saturated heterocycles. The number of non-ortho nitro benzene ring substituents is 1. The van der Waals surface area contributed by atoms with Crippen LogP contribution < -0.4 is 5.32 Å². The maximum atomic E-state index is 12.4. The lowest BCUT2D eigenvalue weighted by Crippen LogP contribution is -2.27. The number of carboxylic acid groups (broad SMARTS) is 1. The Labute approximate surface area is 138 Å². The van der Waals surface area contributed by atoms with E-state index in [4.69, 9.17) is 5.11 Å². The molecule has 2 N–H and O–H groups in total. The third kappa shape index (κ3) is 4.91. The van der Waals surface area contributed by atoms with Gasteiger partial charge in [0.2, 0.25) is 5.91 Å². The van der Waals surface area contributed by atoms with Crippen LogP contribution in [0.25, 0.3) is 0 Å². The monoisotopic (exact) mass is 328 g/mol. The summed E-state index contributed by atoms with van der Waals surface area (Å²) in [6.45, 7) is 0. The van der Waals surface area contributed by atoms with E-state index in [-0.39, 0.29) is 12.1 Å². The van der Waals surface area contributed by atoms with Crippen molar-refractivity contribution in [3.05, 3.63) is 70.3 Å². The molecule has 0 unspecified atom stereocenters. The standard InChI is InChI=1S/C17H16N2O5/c20-16(21)11-13(10-12-4-2-1-3-5-12)17(22)18-14-6-8-15(9-7-14)19(23)24/h1-9,13H,10-11H2,(H,18,22)(H,20,21)/t13-/m0/s1. The molecule has 0 bridgehead atoms. The maximum Gasteiger partial charge on any atom is 0.304 e. The van der Waals surface area contributed by atoms with Crippen molar-refractivity contribution in [2.24, 2.45) is 5.92 Å². The number of nitro benzene ring substituents is 1. The lowest BCUT2D eigenvalue weighted by molar-refractivity contribution is -0.384. The molecule has 0 aliphatic rings. The first-order valence-corrected chi connectivity index (χ1v) is 7.26. The summed E-state index contributed by atoms with van der Waals surface area (Å²) < 4.78 is 0. The third-order valence-electron chi connectivity index (χ3n) is 3.46. The zero-order chi connectivity index (χ0) is 17.5. The molecule has 0 aromatic heterocycles. The predicted molar refractivity (Wildman–Crippen MR) is 87.6 cm³/mol. The van der Waals surface area contributed by atoms with Gasteiger partial charge in [0.25, 0.3) is 5.69 Å². The van der Waals surface area contributed by atoms with Gasteiger partial charge in [-0.25, -0.2) is 0 Å². The van der Waals surface area contributed by atoms with Crippen LogP contribution in [0.5, 0.6) is 0 Å². The number of carbonyl (C=O) groups is 2. The quantitative estimate of drug-likeness (QED) is 0.600. The van der Waals surface area contributed by atoms with Gasteiger partial charge in [0.05, 0.1) is 17.3 Å². The summed E-state index contributed by atoms with van der Waals surface area (Å²) in [5.41, 5.74) is 1.16. The number of nitrogens with zero attached hydrogens (tertiary/aromatic N) is 1. The number of hydrogen-bond acceptors (Lipinski definition) is 4. The first kappa shape index (κ1) is 17.1. The highest BCUT2D eigenvalue weighted by molar-refractivity contribution is 5.94. The van der Waals surface area contributed by atoms with Crippen molar-refractivity contribution in [1.29, 1.82) is 0 Å². The topological polar surface area (TPSA) is 110 Å². The number of rotatable bonds is 7. The molecule has 1 atom stereocenters. The van der Waals surface area contributed by atoms with E-state index in [0.29, 0.717) is 12.1 Å². The first-order valence-electron chi connectivity index (χ1n) is 7.26. The zero-order valence-corrected chi connectivity index (χ0v) is 12.7. The van der Waals surface area contributed by atoms with E-state index in [1.807, 2.05) is 30.3 Å². The normalized spacial score (nSPS) is 11.5. The Morgan fingerprint density at radius 2 is 1.71 bits per heavy atom. The second-order valence-electron chi connectivity index (χ2n) is 5.28. The Hall–Kier alpha value is -3.22. The molecule has 0 radical (unpaired) electrons. The van der Waals surface area contributed by atoms with Gasteiger partial charge in [-0.05, 0) is 24.1 Å². The zero-order valence-electron chi connectivity index (χ0n) is 12.7. The van der Waals surface area contributed by atoms with Crippen LogP contribution in [0.2, 0.25) is 0 Å². The van der Waals surface area contributed by atoms with Gasteiger partial charge in [-0.15, -0.1) is 0 Å². The fourth-order valence-electron chi connectivity index (χ4n) is 2.28.